The summed E-state index contributed by atoms with van der Waals surface area (Å²) < 4.78 is 20.3. The molecule has 0 spiro atoms. The van der Waals surface area contributed by atoms with E-state index in [4.69, 9.17) is 13.6 Å². The van der Waals surface area contributed by atoms with Crippen LogP contribution in [0, 0.1) is 0 Å². The van der Waals surface area contributed by atoms with Gasteiger partial charge in [0.15, 0.2) is 11.5 Å². The van der Waals surface area contributed by atoms with E-state index in [2.05, 4.69) is 128 Å². The molecule has 0 atom stereocenters. The van der Waals surface area contributed by atoms with Crippen LogP contribution in [0.2, 0.25) is 0 Å². The molecule has 3 aromatic rings. The van der Waals surface area contributed by atoms with Crippen LogP contribution in [0.15, 0.2) is 42.5 Å². The Morgan fingerprint density at radius 1 is 0.396 bits per heavy atom. The molecule has 0 saturated heterocycles. The normalized spacial score (nSPS) is 13.6. The average Bonchev–Trinajstić information content (AvgIpc) is 2.87. The molecule has 0 saturated carbocycles. The Balaban J connectivity index is 2.32. The summed E-state index contributed by atoms with van der Waals surface area (Å²) in [5.74, 6) is 0.946. The molecule has 0 aliphatic rings. The zero-order valence-corrected chi connectivity index (χ0v) is 34.0. The van der Waals surface area contributed by atoms with Crippen LogP contribution in [0.25, 0.3) is 0 Å². The van der Waals surface area contributed by atoms with Crippen LogP contribution in [-0.4, -0.2) is 10.2 Å². The third-order valence-corrected chi connectivity index (χ3v) is 9.69. The fourth-order valence-electron chi connectivity index (χ4n) is 5.48. The molecule has 0 fully saturated rings. The minimum Gasteiger partial charge on any atom is -0.504 e. The quantitative estimate of drug-likeness (QED) is 0.201. The van der Waals surface area contributed by atoms with Crippen LogP contribution in [0.4, 0.5) is 0 Å². The van der Waals surface area contributed by atoms with Crippen molar-refractivity contribution in [3.05, 3.63) is 75.8 Å². The molecule has 0 aliphatic heterocycles. The molecule has 5 nitrogen and oxygen atoms in total. The number of rotatable bonds is 6. The standard InChI is InChI=1S/C42H63O5P/c1-37(2,3)26-19-21-32(28(23-26)39(7,8)9)45-48(46-33-22-20-27(38(4,5)6)24-29(33)40(10,11)12)47-36-31(42(16,17)18)25-30(41(13,14)15)34(43)35(36)44/h19-25,43-44H,1-18H3. The van der Waals surface area contributed by atoms with Crippen molar-refractivity contribution in [1.82, 2.24) is 0 Å². The van der Waals surface area contributed by atoms with Crippen LogP contribution in [-0.2, 0) is 32.5 Å². The molecule has 0 unspecified atom stereocenters. The lowest BCUT2D eigenvalue weighted by molar-refractivity contribution is 0.342. The summed E-state index contributed by atoms with van der Waals surface area (Å²) in [6.07, 6.45) is 0. The Morgan fingerprint density at radius 2 is 0.750 bits per heavy atom. The van der Waals surface area contributed by atoms with Gasteiger partial charge in [0.2, 0.25) is 5.75 Å². The molecular formula is C42H63O5P. The van der Waals surface area contributed by atoms with Crippen molar-refractivity contribution in [3.63, 3.8) is 0 Å². The van der Waals surface area contributed by atoms with E-state index in [1.807, 2.05) is 39.0 Å². The van der Waals surface area contributed by atoms with E-state index in [0.29, 0.717) is 17.1 Å². The Labute approximate surface area is 293 Å². The molecule has 0 radical (unpaired) electrons. The monoisotopic (exact) mass is 678 g/mol. The first-order valence-electron chi connectivity index (χ1n) is 17.2. The van der Waals surface area contributed by atoms with Crippen molar-refractivity contribution < 1.29 is 23.8 Å². The molecule has 6 heteroatoms. The fraction of sp³-hybridized carbons (Fsp3) is 0.571. The maximum atomic E-state index is 11.6. The van der Waals surface area contributed by atoms with Gasteiger partial charge >= 0.3 is 8.60 Å². The van der Waals surface area contributed by atoms with Gasteiger partial charge < -0.3 is 23.8 Å². The average molecular weight is 679 g/mol. The third-order valence-electron chi connectivity index (χ3n) is 8.66. The van der Waals surface area contributed by atoms with Gasteiger partial charge in [-0.25, -0.2) is 0 Å². The lowest BCUT2D eigenvalue weighted by Gasteiger charge is -2.32. The Bertz CT molecular complexity index is 1530. The van der Waals surface area contributed by atoms with E-state index in [-0.39, 0.29) is 38.9 Å². The Morgan fingerprint density at radius 3 is 1.06 bits per heavy atom. The summed E-state index contributed by atoms with van der Waals surface area (Å²) in [4.78, 5) is 0. The van der Waals surface area contributed by atoms with Gasteiger partial charge in [-0.3, -0.25) is 0 Å². The fourth-order valence-corrected chi connectivity index (χ4v) is 6.56. The maximum Gasteiger partial charge on any atom is 0.530 e. The van der Waals surface area contributed by atoms with Gasteiger partial charge in [-0.15, -0.1) is 0 Å². The summed E-state index contributed by atoms with van der Waals surface area (Å²) in [5.41, 5.74) is 4.43. The number of aromatic hydroxyl groups is 2. The number of benzene rings is 3. The smallest absolute Gasteiger partial charge is 0.504 e. The molecule has 0 amide bonds. The summed E-state index contributed by atoms with van der Waals surface area (Å²) in [5, 5.41) is 22.9. The zero-order valence-electron chi connectivity index (χ0n) is 33.1. The molecule has 0 aromatic heterocycles. The predicted molar refractivity (Wildman–Crippen MR) is 204 cm³/mol. The molecule has 0 bridgehead atoms. The molecule has 48 heavy (non-hydrogen) atoms. The van der Waals surface area contributed by atoms with Gasteiger partial charge in [0.1, 0.15) is 11.5 Å². The number of phenols is 2. The van der Waals surface area contributed by atoms with E-state index in [0.717, 1.165) is 16.7 Å². The van der Waals surface area contributed by atoms with Crippen LogP contribution >= 0.6 is 8.60 Å². The van der Waals surface area contributed by atoms with Crippen molar-refractivity contribution in [1.29, 1.82) is 0 Å². The molecule has 0 heterocycles. The summed E-state index contributed by atoms with van der Waals surface area (Å²) in [6.45, 7) is 38.5. The highest BCUT2D eigenvalue weighted by atomic mass is 31.2. The van der Waals surface area contributed by atoms with Gasteiger partial charge in [-0.05, 0) is 61.8 Å². The van der Waals surface area contributed by atoms with Gasteiger partial charge in [-0.1, -0.05) is 149 Å². The molecule has 2 N–H and O–H groups in total. The minimum absolute atomic E-state index is 0.0492. The number of hydrogen-bond acceptors (Lipinski definition) is 5. The number of hydrogen-bond donors (Lipinski definition) is 2. The van der Waals surface area contributed by atoms with E-state index in [1.54, 1.807) is 0 Å². The van der Waals surface area contributed by atoms with Crippen molar-refractivity contribution in [2.75, 3.05) is 0 Å². The SMILES string of the molecule is CC(C)(C)c1ccc(OP(Oc2ccc(C(C)(C)C)cc2C(C)(C)C)Oc2c(C(C)(C)C)cc(C(C)(C)C)c(O)c2O)c(C(C)(C)C)c1. The van der Waals surface area contributed by atoms with Crippen LogP contribution in [0.3, 0.4) is 0 Å². The minimum atomic E-state index is -2.19. The zero-order chi connectivity index (χ0) is 37.0. The topological polar surface area (TPSA) is 68.2 Å². The molecule has 0 aliphatic carbocycles. The van der Waals surface area contributed by atoms with Crippen molar-refractivity contribution in [3.8, 4) is 28.7 Å². The second kappa shape index (κ2) is 13.1. The van der Waals surface area contributed by atoms with Crippen LogP contribution in [0.5, 0.6) is 28.7 Å². The molecule has 3 aromatic carbocycles. The van der Waals surface area contributed by atoms with E-state index < -0.39 is 19.4 Å². The van der Waals surface area contributed by atoms with E-state index in [1.165, 1.54) is 11.1 Å². The highest BCUT2D eigenvalue weighted by Crippen LogP contribution is 2.55. The summed E-state index contributed by atoms with van der Waals surface area (Å²) in [6, 6.07) is 14.6. The number of phenolic OH excluding ortho intramolecular Hbond substituents is 2. The van der Waals surface area contributed by atoms with Crippen molar-refractivity contribution >= 4 is 8.60 Å². The van der Waals surface area contributed by atoms with Gasteiger partial charge in [-0.2, -0.15) is 0 Å². The van der Waals surface area contributed by atoms with Crippen LogP contribution in [0.1, 0.15) is 158 Å². The van der Waals surface area contributed by atoms with E-state index >= 15 is 0 Å². The predicted octanol–water partition coefficient (Wildman–Crippen LogP) is 12.6. The first-order chi connectivity index (χ1) is 21.4. The first-order valence-corrected chi connectivity index (χ1v) is 18.3. The third kappa shape index (κ3) is 9.20. The van der Waals surface area contributed by atoms with Crippen molar-refractivity contribution in [2.24, 2.45) is 0 Å². The summed E-state index contributed by atoms with van der Waals surface area (Å²) >= 11 is 0. The second-order valence-corrected chi connectivity index (χ2v) is 20.4. The molecular weight excluding hydrogens is 615 g/mol. The highest BCUT2D eigenvalue weighted by molar-refractivity contribution is 7.43. The van der Waals surface area contributed by atoms with E-state index in [9.17, 15) is 10.2 Å². The molecule has 266 valence electrons. The Kier molecular flexibility index (Phi) is 10.8. The maximum absolute atomic E-state index is 11.6. The van der Waals surface area contributed by atoms with Gasteiger partial charge in [0.25, 0.3) is 0 Å². The lowest BCUT2D eigenvalue weighted by Crippen LogP contribution is -2.20. The first kappa shape index (κ1) is 39.5. The van der Waals surface area contributed by atoms with Crippen molar-refractivity contribution in [2.45, 2.75) is 157 Å². The van der Waals surface area contributed by atoms with Gasteiger partial charge in [0.05, 0.1) is 0 Å². The highest BCUT2D eigenvalue weighted by Gasteiger charge is 2.35. The van der Waals surface area contributed by atoms with Crippen LogP contribution < -0.4 is 13.6 Å². The largest absolute Gasteiger partial charge is 0.530 e. The lowest BCUT2D eigenvalue weighted by atomic mass is 9.79. The second-order valence-electron chi connectivity index (χ2n) is 19.4. The summed E-state index contributed by atoms with van der Waals surface area (Å²) in [7, 11) is -2.19. The van der Waals surface area contributed by atoms with Gasteiger partial charge in [0, 0.05) is 22.3 Å². The molecule has 3 rings (SSSR count). The Hall–Kier alpha value is -2.91.